The van der Waals surface area contributed by atoms with Gasteiger partial charge in [-0.25, -0.2) is 4.98 Å². The van der Waals surface area contributed by atoms with Crippen LogP contribution in [0.2, 0.25) is 0 Å². The van der Waals surface area contributed by atoms with Gasteiger partial charge in [-0.2, -0.15) is 0 Å². The van der Waals surface area contributed by atoms with Crippen LogP contribution in [0.25, 0.3) is 11.0 Å². The van der Waals surface area contributed by atoms with E-state index in [0.29, 0.717) is 5.92 Å². The number of benzene rings is 1. The SMILES string of the molecule is Cc1cc(CC2CCN(C(=O)c3ccc4nc[nH]c4c3)CC2)ccn1. The lowest BCUT2D eigenvalue weighted by Gasteiger charge is -2.32. The molecule has 1 aromatic carbocycles. The lowest BCUT2D eigenvalue weighted by Crippen LogP contribution is -2.38. The summed E-state index contributed by atoms with van der Waals surface area (Å²) < 4.78 is 0. The Bertz CT molecular complexity index is 893. The molecule has 0 radical (unpaired) electrons. The number of aryl methyl sites for hydroxylation is 1. The van der Waals surface area contributed by atoms with Crippen molar-refractivity contribution in [2.45, 2.75) is 26.2 Å². The van der Waals surface area contributed by atoms with E-state index >= 15 is 0 Å². The summed E-state index contributed by atoms with van der Waals surface area (Å²) in [6.45, 7) is 3.68. The molecule has 1 saturated heterocycles. The Balaban J connectivity index is 1.38. The summed E-state index contributed by atoms with van der Waals surface area (Å²) in [6, 6.07) is 9.94. The van der Waals surface area contributed by atoms with E-state index in [0.717, 1.165) is 54.6 Å². The van der Waals surface area contributed by atoms with Crippen LogP contribution in [-0.2, 0) is 6.42 Å². The molecule has 1 N–H and O–H groups in total. The Hall–Kier alpha value is -2.69. The molecule has 1 aliphatic rings. The maximum absolute atomic E-state index is 12.8. The summed E-state index contributed by atoms with van der Waals surface area (Å²) in [5, 5.41) is 0. The van der Waals surface area contributed by atoms with E-state index < -0.39 is 0 Å². The molecule has 5 heteroatoms. The summed E-state index contributed by atoms with van der Waals surface area (Å²) in [5.41, 5.74) is 4.96. The average Bonchev–Trinajstić information content (AvgIpc) is 3.09. The molecule has 0 saturated carbocycles. The van der Waals surface area contributed by atoms with Crippen LogP contribution in [0.4, 0.5) is 0 Å². The van der Waals surface area contributed by atoms with Crippen LogP contribution in [-0.4, -0.2) is 38.8 Å². The highest BCUT2D eigenvalue weighted by Gasteiger charge is 2.24. The molecule has 0 aliphatic carbocycles. The molecule has 3 aromatic rings. The van der Waals surface area contributed by atoms with Crippen molar-refractivity contribution < 1.29 is 4.79 Å². The van der Waals surface area contributed by atoms with Gasteiger partial charge in [-0.1, -0.05) is 0 Å². The number of hydrogen-bond acceptors (Lipinski definition) is 3. The first kappa shape index (κ1) is 15.8. The summed E-state index contributed by atoms with van der Waals surface area (Å²) in [4.78, 5) is 26.3. The van der Waals surface area contributed by atoms with Gasteiger partial charge >= 0.3 is 0 Å². The van der Waals surface area contributed by atoms with Gasteiger partial charge in [0.2, 0.25) is 0 Å². The molecule has 4 rings (SSSR count). The lowest BCUT2D eigenvalue weighted by atomic mass is 9.90. The van der Waals surface area contributed by atoms with Crippen LogP contribution in [0.15, 0.2) is 42.9 Å². The average molecular weight is 334 g/mol. The second kappa shape index (κ2) is 6.67. The number of piperidine rings is 1. The number of fused-ring (bicyclic) bond motifs is 1. The predicted molar refractivity (Wildman–Crippen MR) is 97.4 cm³/mol. The standard InChI is InChI=1S/C20H22N4O/c1-14-10-16(4-7-21-14)11-15-5-8-24(9-6-15)20(25)17-2-3-18-19(12-17)23-13-22-18/h2-4,7,10,12-13,15H,5-6,8-9,11H2,1H3,(H,22,23). The Morgan fingerprint density at radius 3 is 2.84 bits per heavy atom. The summed E-state index contributed by atoms with van der Waals surface area (Å²) in [5.74, 6) is 0.760. The fourth-order valence-electron chi connectivity index (χ4n) is 3.66. The smallest absolute Gasteiger partial charge is 0.253 e. The molecule has 0 bridgehead atoms. The minimum absolute atomic E-state index is 0.120. The zero-order chi connectivity index (χ0) is 17.2. The number of carbonyl (C=O) groups excluding carboxylic acids is 1. The molecule has 2 aromatic heterocycles. The van der Waals surface area contributed by atoms with Crippen molar-refractivity contribution in [1.29, 1.82) is 0 Å². The Kier molecular flexibility index (Phi) is 4.22. The van der Waals surface area contributed by atoms with Gasteiger partial charge in [-0.05, 0) is 68.0 Å². The maximum atomic E-state index is 12.8. The number of aromatic nitrogens is 3. The number of carbonyl (C=O) groups is 1. The van der Waals surface area contributed by atoms with Gasteiger partial charge in [0.1, 0.15) is 0 Å². The molecule has 1 amide bonds. The van der Waals surface area contributed by atoms with E-state index in [1.807, 2.05) is 36.2 Å². The van der Waals surface area contributed by atoms with Gasteiger partial charge in [0, 0.05) is 30.5 Å². The van der Waals surface area contributed by atoms with Gasteiger partial charge in [-0.15, -0.1) is 0 Å². The number of hydrogen-bond donors (Lipinski definition) is 1. The number of rotatable bonds is 3. The number of amides is 1. The molecule has 0 atom stereocenters. The van der Waals surface area contributed by atoms with Crippen molar-refractivity contribution in [3.63, 3.8) is 0 Å². The fraction of sp³-hybridized carbons (Fsp3) is 0.350. The number of nitrogens with one attached hydrogen (secondary N) is 1. The first-order valence-corrected chi connectivity index (χ1v) is 8.83. The lowest BCUT2D eigenvalue weighted by molar-refractivity contribution is 0.0690. The summed E-state index contributed by atoms with van der Waals surface area (Å²) in [6.07, 6.45) is 6.73. The van der Waals surface area contributed by atoms with Gasteiger partial charge in [0.05, 0.1) is 17.4 Å². The predicted octanol–water partition coefficient (Wildman–Crippen LogP) is 3.36. The molecule has 3 heterocycles. The van der Waals surface area contributed by atoms with Crippen molar-refractivity contribution in [3.05, 3.63) is 59.7 Å². The molecule has 1 aliphatic heterocycles. The zero-order valence-electron chi connectivity index (χ0n) is 14.4. The van der Waals surface area contributed by atoms with Crippen molar-refractivity contribution in [3.8, 4) is 0 Å². The highest BCUT2D eigenvalue weighted by molar-refractivity contribution is 5.97. The third kappa shape index (κ3) is 3.40. The minimum Gasteiger partial charge on any atom is -0.345 e. The van der Waals surface area contributed by atoms with Crippen LogP contribution in [0.5, 0.6) is 0 Å². The van der Waals surface area contributed by atoms with Crippen molar-refractivity contribution >= 4 is 16.9 Å². The van der Waals surface area contributed by atoms with E-state index in [1.165, 1.54) is 5.56 Å². The fourth-order valence-corrected chi connectivity index (χ4v) is 3.66. The quantitative estimate of drug-likeness (QED) is 0.799. The van der Waals surface area contributed by atoms with Crippen molar-refractivity contribution in [2.75, 3.05) is 13.1 Å². The molecule has 128 valence electrons. The molecule has 25 heavy (non-hydrogen) atoms. The third-order valence-electron chi connectivity index (χ3n) is 5.05. The number of H-pyrrole nitrogens is 1. The van der Waals surface area contributed by atoms with Gasteiger partial charge < -0.3 is 9.88 Å². The molecule has 5 nitrogen and oxygen atoms in total. The van der Waals surface area contributed by atoms with E-state index in [1.54, 1.807) is 6.33 Å². The zero-order valence-corrected chi connectivity index (χ0v) is 14.4. The minimum atomic E-state index is 0.120. The highest BCUT2D eigenvalue weighted by atomic mass is 16.2. The maximum Gasteiger partial charge on any atom is 0.253 e. The van der Waals surface area contributed by atoms with E-state index in [4.69, 9.17) is 0 Å². The monoisotopic (exact) mass is 334 g/mol. The number of likely N-dealkylation sites (tertiary alicyclic amines) is 1. The summed E-state index contributed by atoms with van der Waals surface area (Å²) in [7, 11) is 0. The normalized spacial score (nSPS) is 15.6. The van der Waals surface area contributed by atoms with Crippen molar-refractivity contribution in [2.24, 2.45) is 5.92 Å². The number of imidazole rings is 1. The van der Waals surface area contributed by atoms with Gasteiger partial charge in [0.15, 0.2) is 0 Å². The van der Waals surface area contributed by atoms with E-state index in [-0.39, 0.29) is 5.91 Å². The second-order valence-corrected chi connectivity index (χ2v) is 6.88. The van der Waals surface area contributed by atoms with Gasteiger partial charge in [0.25, 0.3) is 5.91 Å². The first-order valence-electron chi connectivity index (χ1n) is 8.83. The Labute approximate surface area is 147 Å². The van der Waals surface area contributed by atoms with Crippen molar-refractivity contribution in [1.82, 2.24) is 19.9 Å². The van der Waals surface area contributed by atoms with Crippen LogP contribution in [0.1, 0.15) is 34.5 Å². The molecule has 0 spiro atoms. The Morgan fingerprint density at radius 2 is 2.04 bits per heavy atom. The Morgan fingerprint density at radius 1 is 1.20 bits per heavy atom. The van der Waals surface area contributed by atoms with Crippen LogP contribution in [0.3, 0.4) is 0 Å². The summed E-state index contributed by atoms with van der Waals surface area (Å²) >= 11 is 0. The molecular formula is C20H22N4O. The molecular weight excluding hydrogens is 312 g/mol. The topological polar surface area (TPSA) is 61.9 Å². The van der Waals surface area contributed by atoms with Crippen LogP contribution < -0.4 is 0 Å². The third-order valence-corrected chi connectivity index (χ3v) is 5.05. The van der Waals surface area contributed by atoms with Crippen LogP contribution >= 0.6 is 0 Å². The van der Waals surface area contributed by atoms with E-state index in [9.17, 15) is 4.79 Å². The highest BCUT2D eigenvalue weighted by Crippen LogP contribution is 2.23. The molecule has 1 fully saturated rings. The number of pyridine rings is 1. The van der Waals surface area contributed by atoms with E-state index in [2.05, 4.69) is 27.1 Å². The van der Waals surface area contributed by atoms with Gasteiger partial charge in [-0.3, -0.25) is 9.78 Å². The first-order chi connectivity index (χ1) is 12.2. The number of aromatic amines is 1. The largest absolute Gasteiger partial charge is 0.345 e. The second-order valence-electron chi connectivity index (χ2n) is 6.88. The number of nitrogens with zero attached hydrogens (tertiary/aromatic N) is 3. The molecule has 0 unspecified atom stereocenters. The van der Waals surface area contributed by atoms with Crippen LogP contribution in [0, 0.1) is 12.8 Å².